The molecule has 1 aromatic rings. The first-order valence-corrected chi connectivity index (χ1v) is 7.89. The number of benzene rings is 1. The van der Waals surface area contributed by atoms with Gasteiger partial charge in [-0.2, -0.15) is 0 Å². The van der Waals surface area contributed by atoms with E-state index in [0.717, 1.165) is 19.6 Å². The second kappa shape index (κ2) is 8.49. The molecule has 1 saturated heterocycles. The Balaban J connectivity index is 2.24. The predicted octanol–water partition coefficient (Wildman–Crippen LogP) is 0.277. The lowest BCUT2D eigenvalue weighted by Crippen LogP contribution is -2.40. The number of nitro benzene ring substituents is 1. The second-order valence-electron chi connectivity index (χ2n) is 5.68. The Bertz CT molecular complexity index is 641. The van der Waals surface area contributed by atoms with Crippen LogP contribution in [0.25, 0.3) is 0 Å². The number of hydrogen-bond donors (Lipinski definition) is 2. The molecule has 10 nitrogen and oxygen atoms in total. The Morgan fingerprint density at radius 3 is 2.68 bits per heavy atom. The van der Waals surface area contributed by atoms with E-state index in [9.17, 15) is 10.1 Å². The summed E-state index contributed by atoms with van der Waals surface area (Å²) in [5, 5.41) is 11.5. The van der Waals surface area contributed by atoms with Crippen LogP contribution >= 0.6 is 0 Å². The topological polar surface area (TPSA) is 132 Å². The Hall–Kier alpha value is -2.59. The fraction of sp³-hybridized carbons (Fsp3) is 0.533. The number of likely N-dealkylation sites (N-methyl/N-ethyl adjacent to an activating group) is 1. The fourth-order valence-corrected chi connectivity index (χ4v) is 2.63. The molecule has 0 radical (unpaired) electrons. The predicted molar refractivity (Wildman–Crippen MR) is 95.6 cm³/mol. The molecule has 1 heterocycles. The number of morpholine rings is 1. The average molecular weight is 352 g/mol. The van der Waals surface area contributed by atoms with Gasteiger partial charge in [-0.25, -0.2) is 4.99 Å². The number of nitrogens with two attached hydrogens (primary N) is 2. The third-order valence-corrected chi connectivity index (χ3v) is 3.99. The van der Waals surface area contributed by atoms with E-state index in [1.165, 1.54) is 13.2 Å². The fourth-order valence-electron chi connectivity index (χ4n) is 2.63. The van der Waals surface area contributed by atoms with Gasteiger partial charge in [-0.1, -0.05) is 0 Å². The largest absolute Gasteiger partial charge is 0.494 e. The highest BCUT2D eigenvalue weighted by Gasteiger charge is 2.22. The van der Waals surface area contributed by atoms with Gasteiger partial charge in [0.2, 0.25) is 0 Å². The van der Waals surface area contributed by atoms with Gasteiger partial charge in [-0.15, -0.1) is 0 Å². The lowest BCUT2D eigenvalue weighted by Gasteiger charge is -2.29. The molecule has 0 aromatic heterocycles. The van der Waals surface area contributed by atoms with Crippen LogP contribution in [0.5, 0.6) is 5.75 Å². The van der Waals surface area contributed by atoms with E-state index < -0.39 is 4.92 Å². The Morgan fingerprint density at radius 1 is 1.44 bits per heavy atom. The number of aliphatic imine (C=N–C) groups is 1. The summed E-state index contributed by atoms with van der Waals surface area (Å²) in [5.41, 5.74) is 11.3. The van der Waals surface area contributed by atoms with E-state index in [0.29, 0.717) is 31.2 Å². The summed E-state index contributed by atoms with van der Waals surface area (Å²) >= 11 is 0. The van der Waals surface area contributed by atoms with Crippen molar-refractivity contribution in [3.05, 3.63) is 22.2 Å². The van der Waals surface area contributed by atoms with Crippen molar-refractivity contribution in [1.82, 2.24) is 4.90 Å². The first kappa shape index (κ1) is 18.7. The maximum atomic E-state index is 11.5. The Kier molecular flexibility index (Phi) is 6.37. The Morgan fingerprint density at radius 2 is 2.12 bits per heavy atom. The van der Waals surface area contributed by atoms with Gasteiger partial charge in [0.15, 0.2) is 5.96 Å². The van der Waals surface area contributed by atoms with Gasteiger partial charge in [0, 0.05) is 45.4 Å². The summed E-state index contributed by atoms with van der Waals surface area (Å²) in [5.74, 6) is 0.174. The lowest BCUT2D eigenvalue weighted by atomic mass is 10.2. The molecule has 1 fully saturated rings. The number of ether oxygens (including phenoxy) is 2. The molecule has 138 valence electrons. The zero-order valence-electron chi connectivity index (χ0n) is 14.5. The number of nitro groups is 1. The number of methoxy groups -OCH3 is 1. The van der Waals surface area contributed by atoms with Crippen molar-refractivity contribution in [3.63, 3.8) is 0 Å². The molecule has 0 amide bonds. The molecule has 1 aromatic carbocycles. The molecule has 4 N–H and O–H groups in total. The maximum Gasteiger partial charge on any atom is 0.294 e. The third-order valence-electron chi connectivity index (χ3n) is 3.99. The SMILES string of the molecule is COc1cc(N(C)CCN2CCOCC2)c([N+](=O)[O-])cc1N=C(N)N. The zero-order valence-corrected chi connectivity index (χ0v) is 14.5. The van der Waals surface area contributed by atoms with Gasteiger partial charge in [0.25, 0.3) is 5.69 Å². The van der Waals surface area contributed by atoms with E-state index in [1.807, 2.05) is 11.9 Å². The highest BCUT2D eigenvalue weighted by molar-refractivity contribution is 5.82. The minimum atomic E-state index is -0.453. The van der Waals surface area contributed by atoms with Gasteiger partial charge < -0.3 is 25.8 Å². The van der Waals surface area contributed by atoms with Crippen molar-refractivity contribution in [3.8, 4) is 5.75 Å². The molecule has 0 atom stereocenters. The highest BCUT2D eigenvalue weighted by atomic mass is 16.6. The molecule has 0 saturated carbocycles. The lowest BCUT2D eigenvalue weighted by molar-refractivity contribution is -0.384. The molecular formula is C15H24N6O4. The van der Waals surface area contributed by atoms with Crippen molar-refractivity contribution in [2.24, 2.45) is 16.5 Å². The van der Waals surface area contributed by atoms with E-state index in [-0.39, 0.29) is 17.3 Å². The highest BCUT2D eigenvalue weighted by Crippen LogP contribution is 2.39. The van der Waals surface area contributed by atoms with Gasteiger partial charge in [0.1, 0.15) is 17.1 Å². The molecule has 0 bridgehead atoms. The molecule has 10 heteroatoms. The molecule has 2 rings (SSSR count). The number of hydrogen-bond acceptors (Lipinski definition) is 7. The number of guanidine groups is 1. The maximum absolute atomic E-state index is 11.5. The van der Waals surface area contributed by atoms with Crippen LogP contribution in [0, 0.1) is 10.1 Å². The Labute approximate surface area is 146 Å². The minimum Gasteiger partial charge on any atom is -0.494 e. The number of anilines is 1. The summed E-state index contributed by atoms with van der Waals surface area (Å²) in [6.07, 6.45) is 0. The van der Waals surface area contributed by atoms with E-state index in [1.54, 1.807) is 6.07 Å². The van der Waals surface area contributed by atoms with Crippen molar-refractivity contribution in [2.45, 2.75) is 0 Å². The van der Waals surface area contributed by atoms with Crippen molar-refractivity contribution in [1.29, 1.82) is 0 Å². The van der Waals surface area contributed by atoms with Gasteiger partial charge in [-0.05, 0) is 0 Å². The summed E-state index contributed by atoms with van der Waals surface area (Å²) in [4.78, 5) is 19.0. The standard InChI is InChI=1S/C15H24N6O4/c1-19(3-4-20-5-7-25-8-6-20)12-10-14(24-2)11(18-15(16)17)9-13(12)21(22)23/h9-10H,3-8H2,1-2H3,(H4,16,17,18). The van der Waals surface area contributed by atoms with Crippen LogP contribution in [0.2, 0.25) is 0 Å². The monoisotopic (exact) mass is 352 g/mol. The molecule has 1 aliphatic rings. The van der Waals surface area contributed by atoms with Gasteiger partial charge in [0.05, 0.1) is 25.2 Å². The summed E-state index contributed by atoms with van der Waals surface area (Å²) < 4.78 is 10.6. The summed E-state index contributed by atoms with van der Waals surface area (Å²) in [6, 6.07) is 2.90. The van der Waals surface area contributed by atoms with Crippen LogP contribution in [0.3, 0.4) is 0 Å². The normalized spacial score (nSPS) is 14.8. The van der Waals surface area contributed by atoms with Crippen molar-refractivity contribution in [2.75, 3.05) is 58.5 Å². The average Bonchev–Trinajstić information content (AvgIpc) is 2.59. The number of rotatable bonds is 7. The molecule has 0 spiro atoms. The van der Waals surface area contributed by atoms with Crippen molar-refractivity contribution >= 4 is 23.0 Å². The van der Waals surface area contributed by atoms with Crippen LogP contribution in [0.4, 0.5) is 17.1 Å². The van der Waals surface area contributed by atoms with Crippen molar-refractivity contribution < 1.29 is 14.4 Å². The molecule has 0 unspecified atom stereocenters. The quantitative estimate of drug-likeness (QED) is 0.309. The first-order chi connectivity index (χ1) is 11.9. The smallest absolute Gasteiger partial charge is 0.294 e. The van der Waals surface area contributed by atoms with Gasteiger partial charge in [-0.3, -0.25) is 15.0 Å². The van der Waals surface area contributed by atoms with Gasteiger partial charge >= 0.3 is 0 Å². The van der Waals surface area contributed by atoms with Crippen LogP contribution in [0.1, 0.15) is 0 Å². The molecule has 0 aliphatic carbocycles. The molecular weight excluding hydrogens is 328 g/mol. The van der Waals surface area contributed by atoms with Crippen LogP contribution < -0.4 is 21.1 Å². The van der Waals surface area contributed by atoms with Crippen LogP contribution in [-0.2, 0) is 4.74 Å². The molecule has 1 aliphatic heterocycles. The van der Waals surface area contributed by atoms with E-state index in [2.05, 4.69) is 9.89 Å². The molecule has 25 heavy (non-hydrogen) atoms. The van der Waals surface area contributed by atoms with E-state index in [4.69, 9.17) is 20.9 Å². The van der Waals surface area contributed by atoms with Crippen LogP contribution in [-0.4, -0.2) is 69.3 Å². The second-order valence-corrected chi connectivity index (χ2v) is 5.68. The van der Waals surface area contributed by atoms with Crippen LogP contribution in [0.15, 0.2) is 17.1 Å². The summed E-state index contributed by atoms with van der Waals surface area (Å²) in [7, 11) is 3.27. The summed E-state index contributed by atoms with van der Waals surface area (Å²) in [6.45, 7) is 4.57. The minimum absolute atomic E-state index is 0.0784. The number of nitrogens with zero attached hydrogens (tertiary/aromatic N) is 4. The van der Waals surface area contributed by atoms with E-state index >= 15 is 0 Å². The first-order valence-electron chi connectivity index (χ1n) is 7.89. The third kappa shape index (κ3) is 4.94. The zero-order chi connectivity index (χ0) is 18.4.